The van der Waals surface area contributed by atoms with Crippen LogP contribution in [0, 0.1) is 0 Å². The normalized spacial score (nSPS) is 18.8. The molecule has 102 valence electrons. The predicted molar refractivity (Wildman–Crippen MR) is 70.7 cm³/mol. The van der Waals surface area contributed by atoms with E-state index >= 15 is 0 Å². The second-order valence-electron chi connectivity index (χ2n) is 4.57. The molecule has 0 bridgehead atoms. The Bertz CT molecular complexity index is 357. The largest absolute Gasteiger partial charge is 0.339 e. The number of nitrogens with one attached hydrogen (secondary N) is 1. The minimum atomic E-state index is 0.198. The fourth-order valence-electron chi connectivity index (χ4n) is 2.26. The van der Waals surface area contributed by atoms with Crippen molar-refractivity contribution in [2.75, 3.05) is 44.2 Å². The lowest BCUT2D eigenvalue weighted by molar-refractivity contribution is 0.154. The number of hydrogen-bond acceptors (Lipinski definition) is 6. The standard InChI is InChI=1S/C12H23N5O/c1-4-16(5-2)12-14-11(18-15-12)10(3)17-8-6-13-7-9-17/h10,13H,4-9H2,1-3H3. The molecule has 6 nitrogen and oxygen atoms in total. The number of rotatable bonds is 5. The van der Waals surface area contributed by atoms with Gasteiger partial charge in [0.2, 0.25) is 5.89 Å². The van der Waals surface area contributed by atoms with E-state index in [-0.39, 0.29) is 6.04 Å². The molecule has 0 aromatic carbocycles. The maximum absolute atomic E-state index is 5.40. The molecule has 18 heavy (non-hydrogen) atoms. The second kappa shape index (κ2) is 6.15. The van der Waals surface area contributed by atoms with E-state index < -0.39 is 0 Å². The third-order valence-corrected chi connectivity index (χ3v) is 3.53. The second-order valence-corrected chi connectivity index (χ2v) is 4.57. The molecule has 1 saturated heterocycles. The highest BCUT2D eigenvalue weighted by atomic mass is 16.5. The number of nitrogens with zero attached hydrogens (tertiary/aromatic N) is 4. The zero-order valence-corrected chi connectivity index (χ0v) is 11.5. The van der Waals surface area contributed by atoms with E-state index in [4.69, 9.17) is 4.52 Å². The van der Waals surface area contributed by atoms with Gasteiger partial charge >= 0.3 is 0 Å². The molecule has 1 fully saturated rings. The van der Waals surface area contributed by atoms with Crippen LogP contribution in [0.5, 0.6) is 0 Å². The van der Waals surface area contributed by atoms with Crippen molar-refractivity contribution in [3.63, 3.8) is 0 Å². The molecule has 1 aromatic rings. The number of aromatic nitrogens is 2. The van der Waals surface area contributed by atoms with E-state index in [2.05, 4.69) is 46.0 Å². The van der Waals surface area contributed by atoms with Crippen LogP contribution >= 0.6 is 0 Å². The van der Waals surface area contributed by atoms with Crippen molar-refractivity contribution >= 4 is 5.95 Å². The molecule has 1 unspecified atom stereocenters. The smallest absolute Gasteiger partial charge is 0.266 e. The van der Waals surface area contributed by atoms with Crippen LogP contribution in [0.4, 0.5) is 5.95 Å². The summed E-state index contributed by atoms with van der Waals surface area (Å²) in [4.78, 5) is 8.98. The van der Waals surface area contributed by atoms with Crippen molar-refractivity contribution in [3.05, 3.63) is 5.89 Å². The Balaban J connectivity index is 2.04. The minimum Gasteiger partial charge on any atom is -0.339 e. The minimum absolute atomic E-state index is 0.198. The van der Waals surface area contributed by atoms with Gasteiger partial charge in [-0.1, -0.05) is 0 Å². The summed E-state index contributed by atoms with van der Waals surface area (Å²) in [5.74, 6) is 1.43. The van der Waals surface area contributed by atoms with Crippen LogP contribution in [-0.4, -0.2) is 54.3 Å². The first kappa shape index (κ1) is 13.3. The Hall–Kier alpha value is -1.14. The molecule has 0 amide bonds. The highest BCUT2D eigenvalue weighted by Gasteiger charge is 2.23. The Morgan fingerprint density at radius 3 is 2.61 bits per heavy atom. The van der Waals surface area contributed by atoms with Gasteiger partial charge in [-0.25, -0.2) is 0 Å². The predicted octanol–water partition coefficient (Wildman–Crippen LogP) is 0.882. The molecule has 0 saturated carbocycles. The van der Waals surface area contributed by atoms with Crippen molar-refractivity contribution in [2.24, 2.45) is 0 Å². The van der Waals surface area contributed by atoms with Crippen LogP contribution in [0.3, 0.4) is 0 Å². The SMILES string of the molecule is CCN(CC)c1noc(C(C)N2CCNCC2)n1. The zero-order chi connectivity index (χ0) is 13.0. The summed E-state index contributed by atoms with van der Waals surface area (Å²) in [6.07, 6.45) is 0. The molecule has 6 heteroatoms. The van der Waals surface area contributed by atoms with E-state index in [1.807, 2.05) is 0 Å². The zero-order valence-electron chi connectivity index (χ0n) is 11.5. The molecule has 0 radical (unpaired) electrons. The Labute approximate surface area is 108 Å². The van der Waals surface area contributed by atoms with Crippen LogP contribution < -0.4 is 10.2 Å². The summed E-state index contributed by atoms with van der Waals surface area (Å²) in [7, 11) is 0. The van der Waals surface area contributed by atoms with Crippen LogP contribution in [0.15, 0.2) is 4.52 Å². The Kier molecular flexibility index (Phi) is 4.54. The van der Waals surface area contributed by atoms with Gasteiger partial charge in [0.25, 0.3) is 5.95 Å². The van der Waals surface area contributed by atoms with Crippen molar-refractivity contribution < 1.29 is 4.52 Å². The molecular weight excluding hydrogens is 230 g/mol. The lowest BCUT2D eigenvalue weighted by atomic mass is 10.2. The maximum Gasteiger partial charge on any atom is 0.266 e. The van der Waals surface area contributed by atoms with Gasteiger partial charge in [0, 0.05) is 39.3 Å². The van der Waals surface area contributed by atoms with Crippen molar-refractivity contribution in [1.29, 1.82) is 0 Å². The van der Waals surface area contributed by atoms with E-state index in [9.17, 15) is 0 Å². The highest BCUT2D eigenvalue weighted by Crippen LogP contribution is 2.20. The fraction of sp³-hybridized carbons (Fsp3) is 0.833. The molecule has 2 heterocycles. The number of anilines is 1. The first-order valence-electron chi connectivity index (χ1n) is 6.79. The molecule has 1 aliphatic heterocycles. The summed E-state index contributed by atoms with van der Waals surface area (Å²) in [6.45, 7) is 12.2. The molecule has 2 rings (SSSR count). The van der Waals surface area contributed by atoms with Gasteiger partial charge in [-0.3, -0.25) is 4.90 Å². The lowest BCUT2D eigenvalue weighted by Crippen LogP contribution is -2.44. The molecular formula is C12H23N5O. The van der Waals surface area contributed by atoms with Crippen molar-refractivity contribution in [1.82, 2.24) is 20.4 Å². The van der Waals surface area contributed by atoms with E-state index in [1.54, 1.807) is 0 Å². The van der Waals surface area contributed by atoms with E-state index in [0.29, 0.717) is 5.95 Å². The van der Waals surface area contributed by atoms with Crippen LogP contribution in [-0.2, 0) is 0 Å². The van der Waals surface area contributed by atoms with Crippen molar-refractivity contribution in [3.8, 4) is 0 Å². The quantitative estimate of drug-likeness (QED) is 0.841. The summed E-state index contributed by atoms with van der Waals surface area (Å²) in [6, 6.07) is 0.198. The first-order valence-corrected chi connectivity index (χ1v) is 6.79. The average Bonchev–Trinajstić information content (AvgIpc) is 2.90. The van der Waals surface area contributed by atoms with Crippen molar-refractivity contribution in [2.45, 2.75) is 26.8 Å². The molecule has 1 aliphatic rings. The van der Waals surface area contributed by atoms with E-state index in [1.165, 1.54) is 0 Å². The molecule has 0 aliphatic carbocycles. The topological polar surface area (TPSA) is 57.4 Å². The van der Waals surface area contributed by atoms with Gasteiger partial charge in [-0.05, 0) is 25.9 Å². The number of piperazine rings is 1. The van der Waals surface area contributed by atoms with Gasteiger partial charge in [0.05, 0.1) is 6.04 Å². The van der Waals surface area contributed by atoms with Crippen LogP contribution in [0.1, 0.15) is 32.7 Å². The summed E-state index contributed by atoms with van der Waals surface area (Å²) in [5.41, 5.74) is 0. The highest BCUT2D eigenvalue weighted by molar-refractivity contribution is 5.27. The fourth-order valence-corrected chi connectivity index (χ4v) is 2.26. The maximum atomic E-state index is 5.40. The third kappa shape index (κ3) is 2.81. The van der Waals surface area contributed by atoms with Gasteiger partial charge < -0.3 is 14.7 Å². The first-order chi connectivity index (χ1) is 8.76. The number of hydrogen-bond donors (Lipinski definition) is 1. The average molecular weight is 253 g/mol. The van der Waals surface area contributed by atoms with E-state index in [0.717, 1.165) is 45.2 Å². The molecule has 0 spiro atoms. The monoisotopic (exact) mass is 253 g/mol. The Morgan fingerprint density at radius 1 is 1.33 bits per heavy atom. The molecule has 1 aromatic heterocycles. The van der Waals surface area contributed by atoms with Gasteiger partial charge in [0.1, 0.15) is 0 Å². The summed E-state index contributed by atoms with van der Waals surface area (Å²) in [5, 5.41) is 7.42. The molecule has 1 atom stereocenters. The Morgan fingerprint density at radius 2 is 2.00 bits per heavy atom. The van der Waals surface area contributed by atoms with Gasteiger partial charge in [-0.15, -0.1) is 0 Å². The molecule has 1 N–H and O–H groups in total. The van der Waals surface area contributed by atoms with Gasteiger partial charge in [-0.2, -0.15) is 4.98 Å². The van der Waals surface area contributed by atoms with Crippen LogP contribution in [0.25, 0.3) is 0 Å². The third-order valence-electron chi connectivity index (χ3n) is 3.53. The summed E-state index contributed by atoms with van der Waals surface area (Å²) < 4.78 is 5.40. The van der Waals surface area contributed by atoms with Gasteiger partial charge in [0.15, 0.2) is 0 Å². The summed E-state index contributed by atoms with van der Waals surface area (Å²) >= 11 is 0. The van der Waals surface area contributed by atoms with Crippen LogP contribution in [0.2, 0.25) is 0 Å². The lowest BCUT2D eigenvalue weighted by Gasteiger charge is -2.30.